The average molecular weight is 240 g/mol. The van der Waals surface area contributed by atoms with Crippen LogP contribution in [0.4, 0.5) is 5.82 Å². The van der Waals surface area contributed by atoms with E-state index in [2.05, 4.69) is 26.0 Å². The molecule has 2 aromatic rings. The van der Waals surface area contributed by atoms with Gasteiger partial charge in [-0.25, -0.2) is 4.98 Å². The number of nitriles is 1. The van der Waals surface area contributed by atoms with Gasteiger partial charge in [-0.05, 0) is 6.92 Å². The minimum atomic E-state index is 0.315. The highest BCUT2D eigenvalue weighted by Crippen LogP contribution is 2.25. The van der Waals surface area contributed by atoms with Gasteiger partial charge in [0, 0.05) is 19.3 Å². The van der Waals surface area contributed by atoms with E-state index in [1.54, 1.807) is 24.8 Å². The molecule has 6 nitrogen and oxygen atoms in total. The minimum absolute atomic E-state index is 0.315. The zero-order valence-electron chi connectivity index (χ0n) is 9.98. The van der Waals surface area contributed by atoms with Gasteiger partial charge < -0.3 is 4.90 Å². The van der Waals surface area contributed by atoms with Crippen LogP contribution in [0.3, 0.4) is 0 Å². The van der Waals surface area contributed by atoms with Crippen molar-refractivity contribution in [2.24, 2.45) is 0 Å². The summed E-state index contributed by atoms with van der Waals surface area (Å²) in [5.74, 6) is 0.893. The van der Waals surface area contributed by atoms with Crippen molar-refractivity contribution < 1.29 is 0 Å². The van der Waals surface area contributed by atoms with Gasteiger partial charge in [0.1, 0.15) is 11.9 Å². The summed E-state index contributed by atoms with van der Waals surface area (Å²) in [7, 11) is 0. The Kier molecular flexibility index (Phi) is 2.45. The van der Waals surface area contributed by atoms with E-state index in [-0.39, 0.29) is 0 Å². The third-order valence-corrected chi connectivity index (χ3v) is 3.06. The van der Waals surface area contributed by atoms with Crippen molar-refractivity contribution in [1.82, 2.24) is 19.7 Å². The molecule has 1 fully saturated rings. The number of aryl methyl sites for hydroxylation is 1. The molecule has 1 aliphatic rings. The smallest absolute Gasteiger partial charge is 0.147 e. The molecule has 6 heteroatoms. The maximum absolute atomic E-state index is 8.75. The normalized spacial score (nSPS) is 15.2. The van der Waals surface area contributed by atoms with Crippen molar-refractivity contribution in [3.63, 3.8) is 0 Å². The van der Waals surface area contributed by atoms with E-state index in [0.717, 1.165) is 24.6 Å². The van der Waals surface area contributed by atoms with Gasteiger partial charge in [0.05, 0.1) is 35.9 Å². The molecule has 0 unspecified atom stereocenters. The van der Waals surface area contributed by atoms with Crippen LogP contribution in [0.15, 0.2) is 24.8 Å². The molecular weight excluding hydrogens is 228 g/mol. The number of hydrogen-bond acceptors (Lipinski definition) is 5. The number of nitrogens with zero attached hydrogens (tertiary/aromatic N) is 6. The quantitative estimate of drug-likeness (QED) is 0.780. The maximum atomic E-state index is 8.75. The number of hydrogen-bond donors (Lipinski definition) is 0. The molecule has 0 atom stereocenters. The van der Waals surface area contributed by atoms with Crippen molar-refractivity contribution in [3.05, 3.63) is 36.0 Å². The summed E-state index contributed by atoms with van der Waals surface area (Å²) in [6.45, 7) is 3.62. The molecule has 3 rings (SSSR count). The van der Waals surface area contributed by atoms with Crippen LogP contribution in [0.2, 0.25) is 0 Å². The molecule has 90 valence electrons. The van der Waals surface area contributed by atoms with Crippen LogP contribution in [0.25, 0.3) is 0 Å². The molecule has 18 heavy (non-hydrogen) atoms. The van der Waals surface area contributed by atoms with Gasteiger partial charge in [-0.3, -0.25) is 9.67 Å². The Labute approximate surface area is 105 Å². The van der Waals surface area contributed by atoms with Gasteiger partial charge in [0.25, 0.3) is 0 Å². The molecule has 0 bridgehead atoms. The van der Waals surface area contributed by atoms with Gasteiger partial charge in [-0.2, -0.15) is 10.4 Å². The van der Waals surface area contributed by atoms with Crippen molar-refractivity contribution in [1.29, 1.82) is 5.26 Å². The van der Waals surface area contributed by atoms with Gasteiger partial charge in [-0.15, -0.1) is 0 Å². The summed E-state index contributed by atoms with van der Waals surface area (Å²) in [5.41, 5.74) is 1.52. The molecular formula is C12H12N6. The predicted molar refractivity (Wildman–Crippen MR) is 65.0 cm³/mol. The van der Waals surface area contributed by atoms with E-state index in [4.69, 9.17) is 5.26 Å². The lowest BCUT2D eigenvalue weighted by molar-refractivity contribution is 0.365. The highest BCUT2D eigenvalue weighted by atomic mass is 15.4. The molecule has 0 amide bonds. The van der Waals surface area contributed by atoms with E-state index in [0.29, 0.717) is 11.6 Å². The van der Waals surface area contributed by atoms with Crippen LogP contribution in [0.1, 0.15) is 17.3 Å². The monoisotopic (exact) mass is 240 g/mol. The van der Waals surface area contributed by atoms with E-state index in [1.807, 2.05) is 11.6 Å². The highest BCUT2D eigenvalue weighted by Gasteiger charge is 2.29. The molecule has 0 N–H and O–H groups in total. The van der Waals surface area contributed by atoms with Crippen LogP contribution >= 0.6 is 0 Å². The zero-order valence-corrected chi connectivity index (χ0v) is 9.98. The number of aromatic nitrogens is 4. The summed E-state index contributed by atoms with van der Waals surface area (Å²) in [6, 6.07) is 2.40. The Morgan fingerprint density at radius 3 is 2.72 bits per heavy atom. The van der Waals surface area contributed by atoms with Crippen molar-refractivity contribution in [2.45, 2.75) is 13.0 Å². The Morgan fingerprint density at radius 1 is 1.28 bits per heavy atom. The summed E-state index contributed by atoms with van der Waals surface area (Å²) in [4.78, 5) is 10.7. The molecule has 0 saturated carbocycles. The van der Waals surface area contributed by atoms with Gasteiger partial charge in [-0.1, -0.05) is 0 Å². The minimum Gasteiger partial charge on any atom is -0.351 e. The highest BCUT2D eigenvalue weighted by molar-refractivity contribution is 5.40. The zero-order chi connectivity index (χ0) is 12.5. The van der Waals surface area contributed by atoms with E-state index in [9.17, 15) is 0 Å². The second-order valence-corrected chi connectivity index (χ2v) is 4.40. The lowest BCUT2D eigenvalue weighted by Crippen LogP contribution is -2.48. The first-order valence-electron chi connectivity index (χ1n) is 5.74. The van der Waals surface area contributed by atoms with Crippen molar-refractivity contribution in [3.8, 4) is 6.07 Å². The fourth-order valence-corrected chi connectivity index (χ4v) is 1.95. The summed E-state index contributed by atoms with van der Waals surface area (Å²) in [5, 5.41) is 12.9. The SMILES string of the molecule is Cc1cnc(N2CC(n3cc(C#N)cn3)C2)cn1. The van der Waals surface area contributed by atoms with Gasteiger partial charge in [0.2, 0.25) is 0 Å². The van der Waals surface area contributed by atoms with E-state index in [1.165, 1.54) is 0 Å². The third kappa shape index (κ3) is 1.80. The van der Waals surface area contributed by atoms with E-state index < -0.39 is 0 Å². The summed E-state index contributed by atoms with van der Waals surface area (Å²) >= 11 is 0. The average Bonchev–Trinajstić information content (AvgIpc) is 2.78. The molecule has 3 heterocycles. The Bertz CT molecular complexity index is 588. The van der Waals surface area contributed by atoms with Crippen LogP contribution in [0.5, 0.6) is 0 Å². The second kappa shape index (κ2) is 4.11. The first-order valence-corrected chi connectivity index (χ1v) is 5.74. The molecule has 2 aromatic heterocycles. The molecule has 0 spiro atoms. The summed E-state index contributed by atoms with van der Waals surface area (Å²) < 4.78 is 1.84. The van der Waals surface area contributed by atoms with Crippen LogP contribution in [-0.2, 0) is 0 Å². The lowest BCUT2D eigenvalue weighted by Gasteiger charge is -2.39. The molecule has 0 aromatic carbocycles. The topological polar surface area (TPSA) is 70.6 Å². The fourth-order valence-electron chi connectivity index (χ4n) is 1.95. The summed E-state index contributed by atoms with van der Waals surface area (Å²) in [6.07, 6.45) is 6.93. The predicted octanol–water partition coefficient (Wildman–Crippen LogP) is 0.914. The van der Waals surface area contributed by atoms with E-state index >= 15 is 0 Å². The standard InChI is InChI=1S/C12H12N6/c1-9-3-15-12(5-14-9)17-7-11(8-17)18-6-10(2-13)4-16-18/h3-6,11H,7-8H2,1H3. The second-order valence-electron chi connectivity index (χ2n) is 4.40. The van der Waals surface area contributed by atoms with Gasteiger partial charge in [0.15, 0.2) is 0 Å². The Balaban J connectivity index is 1.66. The molecule has 0 radical (unpaired) electrons. The third-order valence-electron chi connectivity index (χ3n) is 3.06. The molecule has 1 aliphatic heterocycles. The van der Waals surface area contributed by atoms with Crippen LogP contribution in [-0.4, -0.2) is 32.8 Å². The first kappa shape index (κ1) is 10.7. The Morgan fingerprint density at radius 2 is 2.11 bits per heavy atom. The fraction of sp³-hybridized carbons (Fsp3) is 0.333. The first-order chi connectivity index (χ1) is 8.76. The Hall–Kier alpha value is -2.42. The number of rotatable bonds is 2. The largest absolute Gasteiger partial charge is 0.351 e. The lowest BCUT2D eigenvalue weighted by atomic mass is 10.1. The van der Waals surface area contributed by atoms with Crippen molar-refractivity contribution in [2.75, 3.05) is 18.0 Å². The molecule has 0 aliphatic carbocycles. The van der Waals surface area contributed by atoms with Crippen LogP contribution < -0.4 is 4.90 Å². The number of anilines is 1. The maximum Gasteiger partial charge on any atom is 0.147 e. The van der Waals surface area contributed by atoms with Gasteiger partial charge >= 0.3 is 0 Å². The van der Waals surface area contributed by atoms with Crippen molar-refractivity contribution >= 4 is 5.82 Å². The molecule has 1 saturated heterocycles. The van der Waals surface area contributed by atoms with Crippen LogP contribution in [0, 0.1) is 18.3 Å².